The Balaban J connectivity index is 2.85. The molecule has 0 amide bonds. The maximum atomic E-state index is 9.21. The van der Waals surface area contributed by atoms with Gasteiger partial charge in [0.25, 0.3) is 0 Å². The molecule has 0 bridgehead atoms. The second-order valence-corrected chi connectivity index (χ2v) is 4.48. The molecule has 0 aliphatic carbocycles. The Morgan fingerprint density at radius 2 is 2.19 bits per heavy atom. The molecule has 4 nitrogen and oxygen atoms in total. The number of aliphatic hydroxyl groups is 2. The van der Waals surface area contributed by atoms with E-state index in [9.17, 15) is 5.11 Å². The lowest BCUT2D eigenvalue weighted by Crippen LogP contribution is -2.22. The van der Waals surface area contributed by atoms with E-state index < -0.39 is 6.10 Å². The molecule has 0 fully saturated rings. The first kappa shape index (κ1) is 13.4. The summed E-state index contributed by atoms with van der Waals surface area (Å²) in [4.78, 5) is 0. The van der Waals surface area contributed by atoms with Crippen molar-refractivity contribution >= 4 is 15.9 Å². The van der Waals surface area contributed by atoms with Gasteiger partial charge in [0.05, 0.1) is 6.61 Å². The standard InChI is InChI=1S/C11H16BrNO3/c1-7-2-9(12)3-8(4-13)11(7)16-6-10(15)5-14/h2-3,10,14-15H,4-6,13H2,1H3. The van der Waals surface area contributed by atoms with Crippen molar-refractivity contribution in [1.29, 1.82) is 0 Å². The molecule has 0 saturated carbocycles. The van der Waals surface area contributed by atoms with Crippen LogP contribution in [0.4, 0.5) is 0 Å². The van der Waals surface area contributed by atoms with Crippen LogP contribution >= 0.6 is 15.9 Å². The quantitative estimate of drug-likeness (QED) is 0.754. The number of hydrogen-bond donors (Lipinski definition) is 3. The van der Waals surface area contributed by atoms with Crippen molar-refractivity contribution in [3.63, 3.8) is 0 Å². The Hall–Kier alpha value is -0.620. The Morgan fingerprint density at radius 1 is 1.50 bits per heavy atom. The molecular formula is C11H16BrNO3. The number of aryl methyl sites for hydroxylation is 1. The van der Waals surface area contributed by atoms with Crippen molar-refractivity contribution in [3.05, 3.63) is 27.7 Å². The molecule has 1 aromatic rings. The molecule has 1 unspecified atom stereocenters. The van der Waals surface area contributed by atoms with Crippen LogP contribution in [0.25, 0.3) is 0 Å². The summed E-state index contributed by atoms with van der Waals surface area (Å²) in [5, 5.41) is 17.9. The second-order valence-electron chi connectivity index (χ2n) is 3.56. The highest BCUT2D eigenvalue weighted by Crippen LogP contribution is 2.27. The van der Waals surface area contributed by atoms with Crippen LogP contribution in [0.15, 0.2) is 16.6 Å². The molecule has 0 aromatic heterocycles. The van der Waals surface area contributed by atoms with E-state index >= 15 is 0 Å². The summed E-state index contributed by atoms with van der Waals surface area (Å²) >= 11 is 3.38. The summed E-state index contributed by atoms with van der Waals surface area (Å²) in [6.07, 6.45) is -0.867. The van der Waals surface area contributed by atoms with Crippen molar-refractivity contribution in [2.45, 2.75) is 19.6 Å². The molecular weight excluding hydrogens is 274 g/mol. The number of nitrogens with two attached hydrogens (primary N) is 1. The van der Waals surface area contributed by atoms with Crippen LogP contribution in [-0.2, 0) is 6.54 Å². The Morgan fingerprint density at radius 3 is 2.75 bits per heavy atom. The zero-order valence-electron chi connectivity index (χ0n) is 9.11. The van der Waals surface area contributed by atoms with E-state index in [0.717, 1.165) is 15.6 Å². The number of aliphatic hydroxyl groups excluding tert-OH is 2. The van der Waals surface area contributed by atoms with E-state index in [0.29, 0.717) is 12.3 Å². The fourth-order valence-electron chi connectivity index (χ4n) is 1.39. The van der Waals surface area contributed by atoms with Crippen molar-refractivity contribution in [2.75, 3.05) is 13.2 Å². The number of hydrogen-bond acceptors (Lipinski definition) is 4. The third-order valence-corrected chi connectivity index (χ3v) is 2.62. The van der Waals surface area contributed by atoms with E-state index in [1.54, 1.807) is 0 Å². The summed E-state index contributed by atoms with van der Waals surface area (Å²) in [7, 11) is 0. The van der Waals surface area contributed by atoms with Crippen LogP contribution in [-0.4, -0.2) is 29.5 Å². The molecule has 0 spiro atoms. The van der Waals surface area contributed by atoms with Gasteiger partial charge in [-0.1, -0.05) is 15.9 Å². The monoisotopic (exact) mass is 289 g/mol. The van der Waals surface area contributed by atoms with Gasteiger partial charge in [-0.3, -0.25) is 0 Å². The first-order valence-corrected chi connectivity index (χ1v) is 5.78. The van der Waals surface area contributed by atoms with Crippen LogP contribution in [0.1, 0.15) is 11.1 Å². The maximum Gasteiger partial charge on any atom is 0.126 e. The smallest absolute Gasteiger partial charge is 0.126 e. The van der Waals surface area contributed by atoms with Crippen LogP contribution in [0.3, 0.4) is 0 Å². The first-order chi connectivity index (χ1) is 7.58. The van der Waals surface area contributed by atoms with Crippen molar-refractivity contribution in [1.82, 2.24) is 0 Å². The third kappa shape index (κ3) is 3.45. The molecule has 5 heteroatoms. The van der Waals surface area contributed by atoms with Gasteiger partial charge in [-0.05, 0) is 24.6 Å². The molecule has 0 heterocycles. The van der Waals surface area contributed by atoms with E-state index in [2.05, 4.69) is 15.9 Å². The topological polar surface area (TPSA) is 75.7 Å². The summed E-state index contributed by atoms with van der Waals surface area (Å²) < 4.78 is 6.40. The average Bonchev–Trinajstić information content (AvgIpc) is 2.26. The first-order valence-electron chi connectivity index (χ1n) is 4.99. The van der Waals surface area contributed by atoms with Crippen LogP contribution in [0, 0.1) is 6.92 Å². The summed E-state index contributed by atoms with van der Waals surface area (Å²) in [5.41, 5.74) is 7.43. The van der Waals surface area contributed by atoms with Crippen LogP contribution < -0.4 is 10.5 Å². The van der Waals surface area contributed by atoms with E-state index in [1.165, 1.54) is 0 Å². The van der Waals surface area contributed by atoms with Crippen LogP contribution in [0.2, 0.25) is 0 Å². The summed E-state index contributed by atoms with van der Waals surface area (Å²) in [6, 6.07) is 3.80. The zero-order valence-corrected chi connectivity index (χ0v) is 10.7. The number of halogens is 1. The van der Waals surface area contributed by atoms with Gasteiger partial charge < -0.3 is 20.7 Å². The van der Waals surface area contributed by atoms with Gasteiger partial charge in [0.15, 0.2) is 0 Å². The highest BCUT2D eigenvalue weighted by atomic mass is 79.9. The molecule has 4 N–H and O–H groups in total. The minimum Gasteiger partial charge on any atom is -0.490 e. The zero-order chi connectivity index (χ0) is 12.1. The normalized spacial score (nSPS) is 12.6. The van der Waals surface area contributed by atoms with E-state index in [1.807, 2.05) is 19.1 Å². The minimum atomic E-state index is -0.867. The molecule has 0 aliphatic heterocycles. The largest absolute Gasteiger partial charge is 0.490 e. The third-order valence-electron chi connectivity index (χ3n) is 2.17. The SMILES string of the molecule is Cc1cc(Br)cc(CN)c1OCC(O)CO. The lowest BCUT2D eigenvalue weighted by molar-refractivity contribution is 0.0531. The van der Waals surface area contributed by atoms with Crippen molar-refractivity contribution in [3.8, 4) is 5.75 Å². The Labute approximate surface area is 103 Å². The van der Waals surface area contributed by atoms with Gasteiger partial charge in [-0.25, -0.2) is 0 Å². The van der Waals surface area contributed by atoms with Gasteiger partial charge in [0, 0.05) is 16.6 Å². The minimum absolute atomic E-state index is 0.0615. The highest BCUT2D eigenvalue weighted by Gasteiger charge is 2.10. The number of ether oxygens (including phenoxy) is 1. The van der Waals surface area contributed by atoms with Gasteiger partial charge in [-0.2, -0.15) is 0 Å². The predicted octanol–water partition coefficient (Wildman–Crippen LogP) is 0.948. The lowest BCUT2D eigenvalue weighted by Gasteiger charge is -2.15. The second kappa shape index (κ2) is 6.20. The van der Waals surface area contributed by atoms with Gasteiger partial charge in [0.1, 0.15) is 18.5 Å². The average molecular weight is 290 g/mol. The fourth-order valence-corrected chi connectivity index (χ4v) is 2.01. The molecule has 1 atom stereocenters. The highest BCUT2D eigenvalue weighted by molar-refractivity contribution is 9.10. The van der Waals surface area contributed by atoms with Crippen molar-refractivity contribution < 1.29 is 14.9 Å². The predicted molar refractivity (Wildman–Crippen MR) is 65.4 cm³/mol. The molecule has 0 aliphatic rings. The summed E-state index contributed by atoms with van der Waals surface area (Å²) in [5.74, 6) is 0.679. The summed E-state index contributed by atoms with van der Waals surface area (Å²) in [6.45, 7) is 2.02. The molecule has 0 radical (unpaired) electrons. The number of rotatable bonds is 5. The molecule has 1 aromatic carbocycles. The molecule has 0 saturated heterocycles. The molecule has 16 heavy (non-hydrogen) atoms. The number of benzene rings is 1. The molecule has 1 rings (SSSR count). The van der Waals surface area contributed by atoms with Gasteiger partial charge in [-0.15, -0.1) is 0 Å². The van der Waals surface area contributed by atoms with Gasteiger partial charge in [0.2, 0.25) is 0 Å². The van der Waals surface area contributed by atoms with E-state index in [-0.39, 0.29) is 13.2 Å². The molecule has 90 valence electrons. The Bertz CT molecular complexity index is 357. The fraction of sp³-hybridized carbons (Fsp3) is 0.455. The Kier molecular flexibility index (Phi) is 5.21. The van der Waals surface area contributed by atoms with Crippen molar-refractivity contribution in [2.24, 2.45) is 5.73 Å². The van der Waals surface area contributed by atoms with E-state index in [4.69, 9.17) is 15.6 Å². The van der Waals surface area contributed by atoms with Gasteiger partial charge >= 0.3 is 0 Å². The lowest BCUT2D eigenvalue weighted by atomic mass is 10.1. The van der Waals surface area contributed by atoms with Crippen LogP contribution in [0.5, 0.6) is 5.75 Å². The maximum absolute atomic E-state index is 9.21.